The fourth-order valence-corrected chi connectivity index (χ4v) is 3.57. The van der Waals surface area contributed by atoms with Crippen molar-refractivity contribution in [1.82, 2.24) is 10.6 Å². The molecule has 0 atom stereocenters. The SMILES string of the molecule is COc1cc(CNC(=O)/C(=C/c2cccs2)NC(=O)c2ccccc2)ccc1OC(C)C. The highest BCUT2D eigenvalue weighted by atomic mass is 32.1. The Labute approximate surface area is 191 Å². The third-order valence-electron chi connectivity index (χ3n) is 4.40. The van der Waals surface area contributed by atoms with Crippen LogP contribution in [-0.2, 0) is 11.3 Å². The first-order valence-corrected chi connectivity index (χ1v) is 11.1. The second kappa shape index (κ2) is 11.2. The average Bonchev–Trinajstić information content (AvgIpc) is 3.31. The molecule has 6 nitrogen and oxygen atoms in total. The molecule has 0 aliphatic carbocycles. The predicted octanol–water partition coefficient (Wildman–Crippen LogP) is 4.63. The zero-order valence-electron chi connectivity index (χ0n) is 18.3. The molecule has 2 amide bonds. The van der Waals surface area contributed by atoms with Crippen molar-refractivity contribution in [3.8, 4) is 11.5 Å². The predicted molar refractivity (Wildman–Crippen MR) is 127 cm³/mol. The van der Waals surface area contributed by atoms with Crippen molar-refractivity contribution in [2.24, 2.45) is 0 Å². The molecule has 32 heavy (non-hydrogen) atoms. The third-order valence-corrected chi connectivity index (χ3v) is 5.22. The summed E-state index contributed by atoms with van der Waals surface area (Å²) in [6.07, 6.45) is 1.69. The lowest BCUT2D eigenvalue weighted by atomic mass is 10.2. The average molecular weight is 451 g/mol. The van der Waals surface area contributed by atoms with Crippen LogP contribution in [0.15, 0.2) is 71.7 Å². The Kier molecular flexibility index (Phi) is 8.05. The maximum atomic E-state index is 12.9. The van der Waals surface area contributed by atoms with Crippen LogP contribution in [0.1, 0.15) is 34.6 Å². The Morgan fingerprint density at radius 2 is 1.81 bits per heavy atom. The number of hydrogen-bond donors (Lipinski definition) is 2. The number of amides is 2. The van der Waals surface area contributed by atoms with Crippen molar-refractivity contribution >= 4 is 29.2 Å². The van der Waals surface area contributed by atoms with Crippen molar-refractivity contribution in [2.75, 3.05) is 7.11 Å². The monoisotopic (exact) mass is 450 g/mol. The number of carbonyl (C=O) groups is 2. The topological polar surface area (TPSA) is 76.7 Å². The number of ether oxygens (including phenoxy) is 2. The first-order chi connectivity index (χ1) is 15.5. The van der Waals surface area contributed by atoms with E-state index in [0.717, 1.165) is 10.4 Å². The van der Waals surface area contributed by atoms with Crippen LogP contribution in [0.3, 0.4) is 0 Å². The number of hydrogen-bond acceptors (Lipinski definition) is 5. The maximum absolute atomic E-state index is 12.9. The van der Waals surface area contributed by atoms with E-state index >= 15 is 0 Å². The standard InChI is InChI=1S/C25H26N2O4S/c1-17(2)31-22-12-11-18(14-23(22)30-3)16-26-25(29)21(15-20-10-7-13-32-20)27-24(28)19-8-5-4-6-9-19/h4-15,17H,16H2,1-3H3,(H,26,29)(H,27,28)/b21-15-. The van der Waals surface area contributed by atoms with E-state index < -0.39 is 0 Å². The molecule has 7 heteroatoms. The van der Waals surface area contributed by atoms with Gasteiger partial charge in [0.15, 0.2) is 11.5 Å². The van der Waals surface area contributed by atoms with E-state index in [1.165, 1.54) is 11.3 Å². The molecule has 3 aromatic rings. The third kappa shape index (κ3) is 6.46. The number of nitrogens with one attached hydrogen (secondary N) is 2. The van der Waals surface area contributed by atoms with Gasteiger partial charge >= 0.3 is 0 Å². The van der Waals surface area contributed by atoms with E-state index in [1.807, 2.05) is 55.6 Å². The number of benzene rings is 2. The second-order valence-corrected chi connectivity index (χ2v) is 8.21. The Bertz CT molecular complexity index is 1080. The molecule has 0 radical (unpaired) electrons. The van der Waals surface area contributed by atoms with Gasteiger partial charge in [0, 0.05) is 17.0 Å². The molecule has 2 aromatic carbocycles. The Morgan fingerprint density at radius 3 is 2.47 bits per heavy atom. The van der Waals surface area contributed by atoms with Gasteiger partial charge in [0.2, 0.25) is 0 Å². The van der Waals surface area contributed by atoms with Crippen LogP contribution < -0.4 is 20.1 Å². The molecule has 166 valence electrons. The summed E-state index contributed by atoms with van der Waals surface area (Å²) in [6, 6.07) is 18.1. The first-order valence-electron chi connectivity index (χ1n) is 10.2. The molecule has 0 saturated heterocycles. The summed E-state index contributed by atoms with van der Waals surface area (Å²) in [5, 5.41) is 7.51. The van der Waals surface area contributed by atoms with Gasteiger partial charge in [-0.25, -0.2) is 0 Å². The lowest BCUT2D eigenvalue weighted by molar-refractivity contribution is -0.117. The van der Waals surface area contributed by atoms with Crippen LogP contribution in [0.25, 0.3) is 6.08 Å². The van der Waals surface area contributed by atoms with Crippen molar-refractivity contribution in [3.05, 3.63) is 87.7 Å². The van der Waals surface area contributed by atoms with Crippen LogP contribution in [0, 0.1) is 0 Å². The summed E-state index contributed by atoms with van der Waals surface area (Å²) in [7, 11) is 1.58. The summed E-state index contributed by atoms with van der Waals surface area (Å²) in [5.74, 6) is 0.507. The fraction of sp³-hybridized carbons (Fsp3) is 0.200. The number of thiophene rings is 1. The van der Waals surface area contributed by atoms with Gasteiger partial charge in [0.1, 0.15) is 5.70 Å². The van der Waals surface area contributed by atoms with Crippen LogP contribution in [0.2, 0.25) is 0 Å². The Hall–Kier alpha value is -3.58. The molecule has 1 heterocycles. The molecule has 1 aromatic heterocycles. The molecule has 0 spiro atoms. The van der Waals surface area contributed by atoms with Crippen molar-refractivity contribution < 1.29 is 19.1 Å². The largest absolute Gasteiger partial charge is 0.493 e. The highest BCUT2D eigenvalue weighted by molar-refractivity contribution is 7.10. The molecule has 0 aliphatic heterocycles. The minimum Gasteiger partial charge on any atom is -0.493 e. The zero-order chi connectivity index (χ0) is 22.9. The number of carbonyl (C=O) groups excluding carboxylic acids is 2. The Morgan fingerprint density at radius 1 is 1.03 bits per heavy atom. The first kappa shape index (κ1) is 23.1. The Balaban J connectivity index is 1.73. The molecule has 0 fully saturated rings. The fourth-order valence-electron chi connectivity index (χ4n) is 2.91. The number of methoxy groups -OCH3 is 1. The summed E-state index contributed by atoms with van der Waals surface area (Å²) in [5.41, 5.74) is 1.49. The van der Waals surface area contributed by atoms with Gasteiger partial charge < -0.3 is 20.1 Å². The van der Waals surface area contributed by atoms with Gasteiger partial charge in [-0.1, -0.05) is 30.3 Å². The van der Waals surface area contributed by atoms with E-state index in [4.69, 9.17) is 9.47 Å². The van der Waals surface area contributed by atoms with Gasteiger partial charge in [0.25, 0.3) is 11.8 Å². The van der Waals surface area contributed by atoms with Gasteiger partial charge in [-0.05, 0) is 61.2 Å². The van der Waals surface area contributed by atoms with Crippen molar-refractivity contribution in [3.63, 3.8) is 0 Å². The molecule has 0 unspecified atom stereocenters. The van der Waals surface area contributed by atoms with Crippen LogP contribution >= 0.6 is 11.3 Å². The maximum Gasteiger partial charge on any atom is 0.268 e. The summed E-state index contributed by atoms with van der Waals surface area (Å²) >= 11 is 1.48. The zero-order valence-corrected chi connectivity index (χ0v) is 19.1. The molecular formula is C25H26N2O4S. The lowest BCUT2D eigenvalue weighted by Gasteiger charge is -2.15. The summed E-state index contributed by atoms with van der Waals surface area (Å²) in [6.45, 7) is 4.15. The quantitative estimate of drug-likeness (QED) is 0.466. The van der Waals surface area contributed by atoms with Crippen LogP contribution in [-0.4, -0.2) is 25.0 Å². The minimum atomic E-state index is -0.385. The number of rotatable bonds is 9. The van der Waals surface area contributed by atoms with Crippen molar-refractivity contribution in [2.45, 2.75) is 26.5 Å². The lowest BCUT2D eigenvalue weighted by Crippen LogP contribution is -2.34. The smallest absolute Gasteiger partial charge is 0.268 e. The molecular weight excluding hydrogens is 424 g/mol. The summed E-state index contributed by atoms with van der Waals surface area (Å²) < 4.78 is 11.1. The highest BCUT2D eigenvalue weighted by Gasteiger charge is 2.15. The molecule has 3 rings (SSSR count). The van der Waals surface area contributed by atoms with Gasteiger partial charge in [-0.15, -0.1) is 11.3 Å². The summed E-state index contributed by atoms with van der Waals surface area (Å²) in [4.78, 5) is 26.4. The molecule has 0 aliphatic rings. The van der Waals surface area contributed by atoms with Gasteiger partial charge in [-0.3, -0.25) is 9.59 Å². The van der Waals surface area contributed by atoms with Gasteiger partial charge in [-0.2, -0.15) is 0 Å². The van der Waals surface area contributed by atoms with Crippen LogP contribution in [0.4, 0.5) is 0 Å². The van der Waals surface area contributed by atoms with E-state index in [9.17, 15) is 9.59 Å². The normalized spacial score (nSPS) is 11.2. The van der Waals surface area contributed by atoms with E-state index in [1.54, 1.807) is 37.5 Å². The molecule has 2 N–H and O–H groups in total. The molecule has 0 saturated carbocycles. The highest BCUT2D eigenvalue weighted by Crippen LogP contribution is 2.29. The molecule has 0 bridgehead atoms. The van der Waals surface area contributed by atoms with E-state index in [0.29, 0.717) is 17.1 Å². The minimum absolute atomic E-state index is 0.0209. The van der Waals surface area contributed by atoms with Crippen LogP contribution in [0.5, 0.6) is 11.5 Å². The van der Waals surface area contributed by atoms with Gasteiger partial charge in [0.05, 0.1) is 13.2 Å². The van der Waals surface area contributed by atoms with E-state index in [2.05, 4.69) is 10.6 Å². The van der Waals surface area contributed by atoms with E-state index in [-0.39, 0.29) is 30.2 Å². The second-order valence-electron chi connectivity index (χ2n) is 7.23. The van der Waals surface area contributed by atoms with Crippen molar-refractivity contribution in [1.29, 1.82) is 0 Å².